The lowest BCUT2D eigenvalue weighted by molar-refractivity contribution is -0.128. The second-order valence-electron chi connectivity index (χ2n) is 3.99. The Kier molecular flexibility index (Phi) is 3.98. The fraction of sp³-hybridized carbons (Fsp3) is 0.333. The van der Waals surface area contributed by atoms with Gasteiger partial charge in [0.1, 0.15) is 0 Å². The van der Waals surface area contributed by atoms with Crippen LogP contribution in [0.1, 0.15) is 36.3 Å². The van der Waals surface area contributed by atoms with E-state index >= 15 is 0 Å². The number of aryl methyl sites for hydroxylation is 1. The molecule has 4 N–H and O–H groups in total. The lowest BCUT2D eigenvalue weighted by Crippen LogP contribution is -2.47. The molecule has 0 saturated carbocycles. The number of carbonyl (C=O) groups excluding carboxylic acids is 2. The highest BCUT2D eigenvalue weighted by atomic mass is 16.2. The number of benzene rings is 1. The molecule has 0 atom stereocenters. The number of hydrogen-bond acceptors (Lipinski definition) is 3. The summed E-state index contributed by atoms with van der Waals surface area (Å²) in [5.41, 5.74) is 2.50. The number of nitrogens with zero attached hydrogens (tertiary/aromatic N) is 1. The van der Waals surface area contributed by atoms with Gasteiger partial charge in [-0.25, -0.2) is 10.9 Å². The Labute approximate surface area is 101 Å². The standard InChI is InChI=1S/C12H14N2O2.H2O.H2/c1-2-3-8-4-5-10-9(6-8)7-11(15)14(13)12(10)16;;/h4-6H,2-3,7,13H2,1H3;1H2;1H. The van der Waals surface area contributed by atoms with Crippen molar-refractivity contribution in [3.63, 3.8) is 0 Å². The molecule has 5 heteroatoms. The van der Waals surface area contributed by atoms with Gasteiger partial charge >= 0.3 is 0 Å². The molecule has 1 aliphatic rings. The molecule has 0 bridgehead atoms. The van der Waals surface area contributed by atoms with Gasteiger partial charge < -0.3 is 5.48 Å². The molecular formula is C12H18N2O3. The Balaban J connectivity index is 0.00000144. The van der Waals surface area contributed by atoms with E-state index in [1.165, 1.54) is 0 Å². The smallest absolute Gasteiger partial charge is 0.275 e. The average molecular weight is 238 g/mol. The van der Waals surface area contributed by atoms with E-state index in [-0.39, 0.29) is 19.2 Å². The molecule has 5 nitrogen and oxygen atoms in total. The van der Waals surface area contributed by atoms with Crippen molar-refractivity contribution in [2.24, 2.45) is 5.84 Å². The van der Waals surface area contributed by atoms with Gasteiger partial charge in [-0.1, -0.05) is 25.5 Å². The first-order valence-electron chi connectivity index (χ1n) is 5.37. The predicted octanol–water partition coefficient (Wildman–Crippen LogP) is 0.459. The minimum absolute atomic E-state index is 0. The molecule has 0 spiro atoms. The van der Waals surface area contributed by atoms with Crippen LogP contribution in [0.5, 0.6) is 0 Å². The summed E-state index contributed by atoms with van der Waals surface area (Å²) >= 11 is 0. The van der Waals surface area contributed by atoms with Crippen molar-refractivity contribution < 1.29 is 16.5 Å². The third-order valence-corrected chi connectivity index (χ3v) is 2.77. The molecule has 2 amide bonds. The lowest BCUT2D eigenvalue weighted by Gasteiger charge is -2.22. The molecule has 0 radical (unpaired) electrons. The van der Waals surface area contributed by atoms with E-state index in [4.69, 9.17) is 5.84 Å². The fourth-order valence-electron chi connectivity index (χ4n) is 1.94. The lowest BCUT2D eigenvalue weighted by atomic mass is 9.95. The van der Waals surface area contributed by atoms with Crippen LogP contribution in [0, 0.1) is 0 Å². The van der Waals surface area contributed by atoms with E-state index < -0.39 is 5.91 Å². The van der Waals surface area contributed by atoms with Crippen LogP contribution in [0.2, 0.25) is 0 Å². The number of fused-ring (bicyclic) bond motifs is 1. The summed E-state index contributed by atoms with van der Waals surface area (Å²) in [6, 6.07) is 5.61. The third kappa shape index (κ3) is 2.35. The zero-order valence-corrected chi connectivity index (χ0v) is 9.69. The highest BCUT2D eigenvalue weighted by Crippen LogP contribution is 2.20. The van der Waals surface area contributed by atoms with Gasteiger partial charge in [0, 0.05) is 6.99 Å². The maximum Gasteiger partial charge on any atom is 0.275 e. The normalized spacial score (nSPS) is 14.4. The number of nitrogens with two attached hydrogens (primary N) is 1. The van der Waals surface area contributed by atoms with Crippen LogP contribution >= 0.6 is 0 Å². The van der Waals surface area contributed by atoms with Gasteiger partial charge in [-0.2, -0.15) is 0 Å². The molecule has 0 unspecified atom stereocenters. The number of hydrazine groups is 1. The van der Waals surface area contributed by atoms with Gasteiger partial charge in [0.25, 0.3) is 5.91 Å². The Hall–Kier alpha value is -1.72. The molecule has 1 heterocycles. The van der Waals surface area contributed by atoms with Crippen molar-refractivity contribution in [3.05, 3.63) is 34.9 Å². The average Bonchev–Trinajstić information content (AvgIpc) is 2.26. The molecule has 0 aliphatic carbocycles. The number of carbonyl (C=O) groups is 2. The molecule has 1 aliphatic heterocycles. The van der Waals surface area contributed by atoms with Gasteiger partial charge in [0.15, 0.2) is 0 Å². The minimum atomic E-state index is -0.408. The highest BCUT2D eigenvalue weighted by Gasteiger charge is 2.28. The van der Waals surface area contributed by atoms with Crippen molar-refractivity contribution in [3.8, 4) is 0 Å². The van der Waals surface area contributed by atoms with Crippen molar-refractivity contribution in [1.29, 1.82) is 0 Å². The fourth-order valence-corrected chi connectivity index (χ4v) is 1.94. The first-order valence-corrected chi connectivity index (χ1v) is 5.37. The van der Waals surface area contributed by atoms with Gasteiger partial charge in [-0.3, -0.25) is 9.59 Å². The Morgan fingerprint density at radius 1 is 1.41 bits per heavy atom. The minimum Gasteiger partial charge on any atom is -0.412 e. The molecular weight excluding hydrogens is 220 g/mol. The van der Waals surface area contributed by atoms with Crippen LogP contribution in [0.25, 0.3) is 0 Å². The molecule has 0 aromatic heterocycles. The summed E-state index contributed by atoms with van der Waals surface area (Å²) in [6.07, 6.45) is 2.22. The van der Waals surface area contributed by atoms with Crippen LogP contribution in [0.4, 0.5) is 0 Å². The van der Waals surface area contributed by atoms with Crippen LogP contribution in [-0.4, -0.2) is 22.3 Å². The Morgan fingerprint density at radius 2 is 2.12 bits per heavy atom. The van der Waals surface area contributed by atoms with Gasteiger partial charge in [-0.05, 0) is 23.6 Å². The molecule has 2 rings (SSSR count). The van der Waals surface area contributed by atoms with Crippen molar-refractivity contribution in [2.75, 3.05) is 0 Å². The Bertz CT molecular complexity index is 463. The molecule has 1 aromatic rings. The predicted molar refractivity (Wildman–Crippen MR) is 65.2 cm³/mol. The molecule has 0 saturated heterocycles. The monoisotopic (exact) mass is 238 g/mol. The highest BCUT2D eigenvalue weighted by molar-refractivity contribution is 6.09. The summed E-state index contributed by atoms with van der Waals surface area (Å²) in [5, 5.41) is 0.696. The SMILES string of the molecule is CCCc1ccc2c(c1)CC(=O)N(N)C2=O.O.[HH]. The van der Waals surface area contributed by atoms with Gasteiger partial charge in [0.2, 0.25) is 5.91 Å². The van der Waals surface area contributed by atoms with Gasteiger partial charge in [-0.15, -0.1) is 0 Å². The summed E-state index contributed by atoms with van der Waals surface area (Å²) in [7, 11) is 0. The van der Waals surface area contributed by atoms with Crippen LogP contribution in [-0.2, 0) is 17.6 Å². The van der Waals surface area contributed by atoms with E-state index in [9.17, 15) is 9.59 Å². The Morgan fingerprint density at radius 3 is 2.76 bits per heavy atom. The van der Waals surface area contributed by atoms with E-state index in [1.807, 2.05) is 12.1 Å². The summed E-state index contributed by atoms with van der Waals surface area (Å²) in [5.74, 6) is 4.62. The second kappa shape index (κ2) is 5.07. The van der Waals surface area contributed by atoms with Crippen LogP contribution in [0.3, 0.4) is 0 Å². The maximum absolute atomic E-state index is 11.7. The topological polar surface area (TPSA) is 94.9 Å². The molecule has 0 fully saturated rings. The summed E-state index contributed by atoms with van der Waals surface area (Å²) in [4.78, 5) is 23.1. The molecule has 17 heavy (non-hydrogen) atoms. The first-order chi connectivity index (χ1) is 7.63. The largest absolute Gasteiger partial charge is 0.412 e. The van der Waals surface area contributed by atoms with Crippen LogP contribution in [0.15, 0.2) is 18.2 Å². The summed E-state index contributed by atoms with van der Waals surface area (Å²) < 4.78 is 0. The van der Waals surface area contributed by atoms with Crippen molar-refractivity contribution >= 4 is 11.8 Å². The van der Waals surface area contributed by atoms with E-state index in [2.05, 4.69) is 6.92 Å². The van der Waals surface area contributed by atoms with Crippen molar-refractivity contribution in [2.45, 2.75) is 26.2 Å². The molecule has 1 aromatic carbocycles. The second-order valence-corrected chi connectivity index (χ2v) is 3.99. The zero-order chi connectivity index (χ0) is 11.7. The number of amides is 2. The third-order valence-electron chi connectivity index (χ3n) is 2.77. The molecule has 94 valence electrons. The number of rotatable bonds is 2. The summed E-state index contributed by atoms with van der Waals surface area (Å²) in [6.45, 7) is 2.09. The quantitative estimate of drug-likeness (QED) is 0.460. The number of hydrogen-bond donors (Lipinski definition) is 1. The van der Waals surface area contributed by atoms with Gasteiger partial charge in [0.05, 0.1) is 6.42 Å². The van der Waals surface area contributed by atoms with E-state index in [1.54, 1.807) is 6.07 Å². The van der Waals surface area contributed by atoms with Crippen molar-refractivity contribution in [1.82, 2.24) is 5.01 Å². The first kappa shape index (κ1) is 13.3. The van der Waals surface area contributed by atoms with E-state index in [0.29, 0.717) is 10.6 Å². The van der Waals surface area contributed by atoms with E-state index in [0.717, 1.165) is 24.0 Å². The zero-order valence-electron chi connectivity index (χ0n) is 9.69. The number of imide groups is 1. The maximum atomic E-state index is 11.7. The van der Waals surface area contributed by atoms with Crippen LogP contribution < -0.4 is 5.84 Å².